The van der Waals surface area contributed by atoms with Crippen LogP contribution in [0.2, 0.25) is 0 Å². The fourth-order valence-electron chi connectivity index (χ4n) is 5.02. The third kappa shape index (κ3) is 5.85. The fraction of sp³-hybridized carbons (Fsp3) is 0.333. The standard InChI is InChI=1S/C30H33N5O5/c1-19-5-6-24(20(2)11-19)29-25-13-27(40-10-8-22-14-32-28(38-4)16-31-22)26(37-3)12-21(25)7-9-35(29)30(36)33-15-23-17-39-18-34-23/h5-6,11-14,16-18,29H,7-10,15H2,1-4H3,(H,33,36). The topological polar surface area (TPSA) is 112 Å². The van der Waals surface area contributed by atoms with Crippen molar-refractivity contribution < 1.29 is 23.4 Å². The van der Waals surface area contributed by atoms with E-state index in [2.05, 4.69) is 52.3 Å². The lowest BCUT2D eigenvalue weighted by Crippen LogP contribution is -2.46. The van der Waals surface area contributed by atoms with Crippen molar-refractivity contribution in [3.63, 3.8) is 0 Å². The fourth-order valence-corrected chi connectivity index (χ4v) is 5.02. The van der Waals surface area contributed by atoms with E-state index in [-0.39, 0.29) is 18.6 Å². The highest BCUT2D eigenvalue weighted by molar-refractivity contribution is 5.76. The summed E-state index contributed by atoms with van der Waals surface area (Å²) in [7, 11) is 3.19. The van der Waals surface area contributed by atoms with Gasteiger partial charge in [-0.05, 0) is 54.7 Å². The molecule has 0 saturated carbocycles. The summed E-state index contributed by atoms with van der Waals surface area (Å²) in [5, 5.41) is 3.00. The highest BCUT2D eigenvalue weighted by Crippen LogP contribution is 2.42. The summed E-state index contributed by atoms with van der Waals surface area (Å²) in [6, 6.07) is 9.89. The van der Waals surface area contributed by atoms with E-state index < -0.39 is 0 Å². The predicted molar refractivity (Wildman–Crippen MR) is 148 cm³/mol. The molecule has 0 fully saturated rings. The van der Waals surface area contributed by atoms with Crippen LogP contribution in [0.1, 0.15) is 45.2 Å². The molecule has 10 heteroatoms. The van der Waals surface area contributed by atoms with E-state index in [0.29, 0.717) is 49.1 Å². The summed E-state index contributed by atoms with van der Waals surface area (Å²) >= 11 is 0. The van der Waals surface area contributed by atoms with Gasteiger partial charge in [-0.3, -0.25) is 4.98 Å². The molecule has 1 N–H and O–H groups in total. The van der Waals surface area contributed by atoms with Crippen molar-refractivity contribution in [2.45, 2.75) is 39.3 Å². The van der Waals surface area contributed by atoms with Gasteiger partial charge < -0.3 is 28.8 Å². The molecule has 0 aliphatic carbocycles. The minimum absolute atomic E-state index is 0.171. The summed E-state index contributed by atoms with van der Waals surface area (Å²) in [5.74, 6) is 1.73. The molecule has 1 aliphatic rings. The largest absolute Gasteiger partial charge is 0.493 e. The van der Waals surface area contributed by atoms with Crippen LogP contribution in [-0.2, 0) is 19.4 Å². The average molecular weight is 544 g/mol. The van der Waals surface area contributed by atoms with E-state index in [1.54, 1.807) is 26.6 Å². The lowest BCUT2D eigenvalue weighted by atomic mass is 9.85. The Hall–Kier alpha value is -4.60. The number of nitrogens with zero attached hydrogens (tertiary/aromatic N) is 4. The van der Waals surface area contributed by atoms with E-state index in [4.69, 9.17) is 18.6 Å². The number of oxazole rings is 1. The summed E-state index contributed by atoms with van der Waals surface area (Å²) < 4.78 is 22.1. The van der Waals surface area contributed by atoms with Gasteiger partial charge in [0.1, 0.15) is 6.26 Å². The number of rotatable bonds is 9. The molecule has 4 aromatic rings. The molecule has 10 nitrogen and oxygen atoms in total. The normalized spacial score (nSPS) is 14.4. The van der Waals surface area contributed by atoms with Crippen LogP contribution >= 0.6 is 0 Å². The molecule has 0 radical (unpaired) electrons. The monoisotopic (exact) mass is 543 g/mol. The molecule has 5 rings (SSSR count). The van der Waals surface area contributed by atoms with Gasteiger partial charge in [0.15, 0.2) is 17.9 Å². The minimum atomic E-state index is -0.303. The summed E-state index contributed by atoms with van der Waals surface area (Å²) in [6.07, 6.45) is 7.40. The van der Waals surface area contributed by atoms with Crippen LogP contribution in [0.5, 0.6) is 17.4 Å². The molecule has 3 heterocycles. The Labute approximate surface area is 233 Å². The van der Waals surface area contributed by atoms with Gasteiger partial charge in [-0.15, -0.1) is 0 Å². The third-order valence-corrected chi connectivity index (χ3v) is 7.05. The minimum Gasteiger partial charge on any atom is -0.493 e. The Balaban J connectivity index is 1.44. The molecular weight excluding hydrogens is 510 g/mol. The number of aromatic nitrogens is 3. The van der Waals surface area contributed by atoms with Crippen molar-refractivity contribution in [2.24, 2.45) is 0 Å². The summed E-state index contributed by atoms with van der Waals surface area (Å²) in [4.78, 5) is 28.1. The molecule has 0 bridgehead atoms. The zero-order valence-electron chi connectivity index (χ0n) is 23.1. The maximum atomic E-state index is 13.5. The number of amides is 2. The lowest BCUT2D eigenvalue weighted by Gasteiger charge is -2.38. The zero-order valence-corrected chi connectivity index (χ0v) is 23.1. The number of ether oxygens (including phenoxy) is 3. The number of fused-ring (bicyclic) bond motifs is 1. The van der Waals surface area contributed by atoms with Gasteiger partial charge in [-0.2, -0.15) is 0 Å². The third-order valence-electron chi connectivity index (χ3n) is 7.05. The van der Waals surface area contributed by atoms with Crippen LogP contribution in [0.15, 0.2) is 59.8 Å². The molecule has 1 aliphatic heterocycles. The molecule has 40 heavy (non-hydrogen) atoms. The number of hydrogen-bond acceptors (Lipinski definition) is 8. The molecule has 1 atom stereocenters. The Morgan fingerprint density at radius 2 is 1.90 bits per heavy atom. The number of nitrogens with one attached hydrogen (secondary N) is 1. The quantitative estimate of drug-likeness (QED) is 0.327. The average Bonchev–Trinajstić information content (AvgIpc) is 3.49. The van der Waals surface area contributed by atoms with E-state index in [1.807, 2.05) is 17.0 Å². The van der Waals surface area contributed by atoms with Gasteiger partial charge in [0, 0.05) is 13.0 Å². The van der Waals surface area contributed by atoms with Gasteiger partial charge >= 0.3 is 6.03 Å². The number of urea groups is 1. The molecule has 2 amide bonds. The number of benzene rings is 2. The van der Waals surface area contributed by atoms with Crippen LogP contribution < -0.4 is 19.5 Å². The first kappa shape index (κ1) is 27.0. The van der Waals surface area contributed by atoms with E-state index in [1.165, 1.54) is 18.2 Å². The smallest absolute Gasteiger partial charge is 0.318 e. The first-order valence-electron chi connectivity index (χ1n) is 13.1. The molecular formula is C30H33N5O5. The molecule has 208 valence electrons. The second kappa shape index (κ2) is 12.1. The highest BCUT2D eigenvalue weighted by Gasteiger charge is 2.34. The van der Waals surface area contributed by atoms with Gasteiger partial charge in [0.2, 0.25) is 5.88 Å². The van der Waals surface area contributed by atoms with Crippen LogP contribution in [-0.4, -0.2) is 53.3 Å². The SMILES string of the molecule is COc1cnc(CCOc2cc3c(cc2OC)CCN(C(=O)NCc2cocn2)C3c2ccc(C)cc2C)cn1. The van der Waals surface area contributed by atoms with Crippen molar-refractivity contribution >= 4 is 6.03 Å². The van der Waals surface area contributed by atoms with Crippen LogP contribution in [0.3, 0.4) is 0 Å². The number of hydrogen-bond donors (Lipinski definition) is 1. The molecule has 1 unspecified atom stereocenters. The molecule has 2 aromatic carbocycles. The number of methoxy groups -OCH3 is 2. The highest BCUT2D eigenvalue weighted by atomic mass is 16.5. The maximum Gasteiger partial charge on any atom is 0.318 e. The van der Waals surface area contributed by atoms with Crippen LogP contribution in [0.25, 0.3) is 0 Å². The van der Waals surface area contributed by atoms with E-state index in [9.17, 15) is 4.79 Å². The zero-order chi connectivity index (χ0) is 28.1. The van der Waals surface area contributed by atoms with Gasteiger partial charge in [0.05, 0.1) is 57.2 Å². The number of carbonyl (C=O) groups is 1. The van der Waals surface area contributed by atoms with Crippen molar-refractivity contribution in [1.82, 2.24) is 25.2 Å². The number of carbonyl (C=O) groups excluding carboxylic acids is 1. The van der Waals surface area contributed by atoms with Gasteiger partial charge in [-0.25, -0.2) is 14.8 Å². The first-order valence-corrected chi connectivity index (χ1v) is 13.1. The van der Waals surface area contributed by atoms with Crippen molar-refractivity contribution in [1.29, 1.82) is 0 Å². The molecule has 0 spiro atoms. The Bertz CT molecular complexity index is 1460. The van der Waals surface area contributed by atoms with Gasteiger partial charge in [-0.1, -0.05) is 23.8 Å². The second-order valence-corrected chi connectivity index (χ2v) is 9.69. The Morgan fingerprint density at radius 1 is 1.02 bits per heavy atom. The van der Waals surface area contributed by atoms with Crippen LogP contribution in [0, 0.1) is 13.8 Å². The van der Waals surface area contributed by atoms with E-state index >= 15 is 0 Å². The molecule has 0 saturated heterocycles. The number of aryl methyl sites for hydroxylation is 2. The predicted octanol–water partition coefficient (Wildman–Crippen LogP) is 4.58. The van der Waals surface area contributed by atoms with Crippen molar-refractivity contribution in [3.8, 4) is 17.4 Å². The Morgan fingerprint density at radius 3 is 2.60 bits per heavy atom. The lowest BCUT2D eigenvalue weighted by molar-refractivity contribution is 0.179. The second-order valence-electron chi connectivity index (χ2n) is 9.69. The van der Waals surface area contributed by atoms with Crippen molar-refractivity contribution in [2.75, 3.05) is 27.4 Å². The van der Waals surface area contributed by atoms with Gasteiger partial charge in [0.25, 0.3) is 0 Å². The summed E-state index contributed by atoms with van der Waals surface area (Å²) in [5.41, 5.74) is 6.93. The van der Waals surface area contributed by atoms with Crippen molar-refractivity contribution in [3.05, 3.63) is 94.6 Å². The van der Waals surface area contributed by atoms with E-state index in [0.717, 1.165) is 27.9 Å². The maximum absolute atomic E-state index is 13.5. The van der Waals surface area contributed by atoms with Crippen LogP contribution in [0.4, 0.5) is 4.79 Å². The Kier molecular flexibility index (Phi) is 8.14. The summed E-state index contributed by atoms with van der Waals surface area (Å²) in [6.45, 7) is 5.36. The first-order chi connectivity index (χ1) is 19.5. The molecule has 2 aromatic heterocycles.